The minimum absolute atomic E-state index is 0.285. The van der Waals surface area contributed by atoms with E-state index in [1.54, 1.807) is 10.9 Å². The molecule has 0 spiro atoms. The van der Waals surface area contributed by atoms with E-state index in [0.29, 0.717) is 23.0 Å². The van der Waals surface area contributed by atoms with Crippen molar-refractivity contribution < 1.29 is 19.7 Å². The second-order valence-electron chi connectivity index (χ2n) is 7.01. The molecular weight excluding hydrogens is 338 g/mol. The second-order valence-corrected chi connectivity index (χ2v) is 7.01. The molecule has 4 rings (SSSR count). The van der Waals surface area contributed by atoms with Gasteiger partial charge in [-0.15, -0.1) is 0 Å². The molecule has 3 heterocycles. The van der Waals surface area contributed by atoms with Gasteiger partial charge in [-0.25, -0.2) is 15.0 Å². The number of anilines is 1. The maximum Gasteiger partial charge on any atom is 0.167 e. The summed E-state index contributed by atoms with van der Waals surface area (Å²) in [6, 6.07) is 0.410. The fraction of sp³-hybridized carbons (Fsp3) is 0.706. The normalized spacial score (nSPS) is 29.7. The molecule has 2 aromatic heterocycles. The summed E-state index contributed by atoms with van der Waals surface area (Å²) in [5, 5.41) is 23.2. The summed E-state index contributed by atoms with van der Waals surface area (Å²) in [7, 11) is 1.51. The van der Waals surface area contributed by atoms with Crippen LogP contribution in [0.4, 0.5) is 5.82 Å². The number of hydrogen-bond donors (Lipinski definition) is 3. The monoisotopic (exact) mass is 363 g/mol. The third-order valence-corrected chi connectivity index (χ3v) is 5.27. The fourth-order valence-corrected chi connectivity index (χ4v) is 3.92. The van der Waals surface area contributed by atoms with Gasteiger partial charge in [0.15, 0.2) is 23.2 Å². The Morgan fingerprint density at radius 2 is 2.12 bits per heavy atom. The second kappa shape index (κ2) is 7.07. The van der Waals surface area contributed by atoms with Crippen molar-refractivity contribution >= 4 is 17.0 Å². The van der Waals surface area contributed by atoms with E-state index in [0.717, 1.165) is 18.7 Å². The van der Waals surface area contributed by atoms with E-state index in [9.17, 15) is 10.2 Å². The van der Waals surface area contributed by atoms with Crippen molar-refractivity contribution in [2.75, 3.05) is 19.0 Å². The van der Waals surface area contributed by atoms with Crippen LogP contribution in [0.2, 0.25) is 0 Å². The van der Waals surface area contributed by atoms with Crippen molar-refractivity contribution in [2.45, 2.75) is 63.2 Å². The molecule has 2 aromatic rings. The molecule has 0 radical (unpaired) electrons. The van der Waals surface area contributed by atoms with Crippen molar-refractivity contribution in [1.82, 2.24) is 19.5 Å². The highest BCUT2D eigenvalue weighted by Gasteiger charge is 2.45. The Morgan fingerprint density at radius 1 is 1.35 bits per heavy atom. The average Bonchev–Trinajstić information content (AvgIpc) is 3.33. The molecule has 1 aliphatic carbocycles. The van der Waals surface area contributed by atoms with Crippen LogP contribution in [0.5, 0.6) is 0 Å². The number of hydrogen-bond acceptors (Lipinski definition) is 8. The summed E-state index contributed by atoms with van der Waals surface area (Å²) >= 11 is 0. The van der Waals surface area contributed by atoms with Crippen LogP contribution in [0.3, 0.4) is 0 Å². The van der Waals surface area contributed by atoms with Crippen LogP contribution in [0.15, 0.2) is 6.33 Å². The predicted molar refractivity (Wildman–Crippen MR) is 93.7 cm³/mol. The quantitative estimate of drug-likeness (QED) is 0.713. The largest absolute Gasteiger partial charge is 0.394 e. The molecule has 1 aliphatic heterocycles. The van der Waals surface area contributed by atoms with E-state index >= 15 is 0 Å². The summed E-state index contributed by atoms with van der Waals surface area (Å²) in [5.41, 5.74) is 1.29. The summed E-state index contributed by atoms with van der Waals surface area (Å²) in [4.78, 5) is 13.5. The maximum absolute atomic E-state index is 10.3. The van der Waals surface area contributed by atoms with E-state index in [1.165, 1.54) is 20.0 Å². The number of ether oxygens (including phenoxy) is 2. The molecule has 0 aromatic carbocycles. The Kier molecular flexibility index (Phi) is 4.78. The first-order valence-corrected chi connectivity index (χ1v) is 9.07. The first-order valence-electron chi connectivity index (χ1n) is 9.07. The van der Waals surface area contributed by atoms with Gasteiger partial charge >= 0.3 is 0 Å². The zero-order valence-corrected chi connectivity index (χ0v) is 15.0. The lowest BCUT2D eigenvalue weighted by Gasteiger charge is -2.20. The number of rotatable bonds is 5. The van der Waals surface area contributed by atoms with Crippen LogP contribution in [0.1, 0.15) is 37.7 Å². The number of methoxy groups -OCH3 is 1. The minimum Gasteiger partial charge on any atom is -0.394 e. The van der Waals surface area contributed by atoms with Crippen molar-refractivity contribution in [3.8, 4) is 0 Å². The van der Waals surface area contributed by atoms with Crippen LogP contribution in [-0.4, -0.2) is 67.8 Å². The first-order chi connectivity index (χ1) is 12.6. The highest BCUT2D eigenvalue weighted by molar-refractivity contribution is 5.83. The first kappa shape index (κ1) is 17.6. The van der Waals surface area contributed by atoms with Crippen LogP contribution in [0.25, 0.3) is 11.2 Å². The molecule has 2 unspecified atom stereocenters. The van der Waals surface area contributed by atoms with Gasteiger partial charge in [-0.3, -0.25) is 4.57 Å². The highest BCUT2D eigenvalue weighted by atomic mass is 16.6. The molecule has 9 heteroatoms. The summed E-state index contributed by atoms with van der Waals surface area (Å²) in [6.45, 7) is 1.55. The van der Waals surface area contributed by atoms with Crippen molar-refractivity contribution in [2.24, 2.45) is 0 Å². The van der Waals surface area contributed by atoms with E-state index in [2.05, 4.69) is 20.3 Å². The van der Waals surface area contributed by atoms with E-state index in [1.807, 2.05) is 6.92 Å². The van der Waals surface area contributed by atoms with Crippen molar-refractivity contribution in [3.63, 3.8) is 0 Å². The molecule has 1 saturated carbocycles. The van der Waals surface area contributed by atoms with E-state index < -0.39 is 24.5 Å². The molecule has 1 saturated heterocycles. The molecule has 2 fully saturated rings. The lowest BCUT2D eigenvalue weighted by molar-refractivity contribution is -0.0583. The van der Waals surface area contributed by atoms with Gasteiger partial charge in [0.25, 0.3) is 0 Å². The number of fused-ring (bicyclic) bond motifs is 1. The SMILES string of the molecule is COC1C(O)[C@@H](CO)O[C@H]1n1cnc2c(NC3CCCC3)nc(C)nc21. The van der Waals surface area contributed by atoms with Gasteiger partial charge in [0.1, 0.15) is 24.1 Å². The molecule has 0 bridgehead atoms. The third-order valence-electron chi connectivity index (χ3n) is 5.27. The average molecular weight is 363 g/mol. The van der Waals surface area contributed by atoms with Crippen LogP contribution >= 0.6 is 0 Å². The number of nitrogens with one attached hydrogen (secondary N) is 1. The number of imidazole rings is 1. The zero-order chi connectivity index (χ0) is 18.3. The Hall–Kier alpha value is -1.81. The standard InChI is InChI=1S/C17H25N5O4/c1-9-19-15(21-10-5-3-4-6-10)12-16(20-9)22(8-18-12)17-14(25-2)13(24)11(7-23)26-17/h8,10-11,13-14,17,23-24H,3-7H2,1-2H3,(H,19,20,21)/t11-,13?,14?,17-/m1/s1. The molecule has 0 amide bonds. The van der Waals surface area contributed by atoms with Crippen molar-refractivity contribution in [1.29, 1.82) is 0 Å². The molecular formula is C17H25N5O4. The summed E-state index contributed by atoms with van der Waals surface area (Å²) < 4.78 is 13.0. The molecule has 4 atom stereocenters. The molecule has 9 nitrogen and oxygen atoms in total. The van der Waals surface area contributed by atoms with Gasteiger partial charge in [0, 0.05) is 13.2 Å². The Labute approximate surface area is 151 Å². The molecule has 3 N–H and O–H groups in total. The van der Waals surface area contributed by atoms with Gasteiger partial charge in [-0.05, 0) is 19.8 Å². The van der Waals surface area contributed by atoms with Gasteiger partial charge in [0.2, 0.25) is 0 Å². The number of aryl methyl sites for hydroxylation is 1. The van der Waals surface area contributed by atoms with E-state index in [4.69, 9.17) is 9.47 Å². The summed E-state index contributed by atoms with van der Waals surface area (Å²) in [5.74, 6) is 1.36. The third kappa shape index (κ3) is 2.94. The zero-order valence-electron chi connectivity index (χ0n) is 15.0. The van der Waals surface area contributed by atoms with E-state index in [-0.39, 0.29) is 6.61 Å². The number of aliphatic hydroxyl groups is 2. The molecule has 142 valence electrons. The van der Waals surface area contributed by atoms with Crippen molar-refractivity contribution in [3.05, 3.63) is 12.2 Å². The Bertz CT molecular complexity index is 776. The number of aliphatic hydroxyl groups excluding tert-OH is 2. The molecule has 26 heavy (non-hydrogen) atoms. The molecule has 2 aliphatic rings. The predicted octanol–water partition coefficient (Wildman–Crippen LogP) is 0.755. The smallest absolute Gasteiger partial charge is 0.167 e. The topological polar surface area (TPSA) is 115 Å². The van der Waals surface area contributed by atoms with Gasteiger partial charge in [-0.2, -0.15) is 0 Å². The Morgan fingerprint density at radius 3 is 2.81 bits per heavy atom. The van der Waals surface area contributed by atoms with Gasteiger partial charge in [0.05, 0.1) is 12.9 Å². The highest BCUT2D eigenvalue weighted by Crippen LogP contribution is 2.34. The van der Waals surface area contributed by atoms with Gasteiger partial charge in [-0.1, -0.05) is 12.8 Å². The van der Waals surface area contributed by atoms with Crippen LogP contribution in [-0.2, 0) is 9.47 Å². The maximum atomic E-state index is 10.3. The van der Waals surface area contributed by atoms with Crippen LogP contribution in [0, 0.1) is 6.92 Å². The van der Waals surface area contributed by atoms with Crippen LogP contribution < -0.4 is 5.32 Å². The number of nitrogens with zero attached hydrogens (tertiary/aromatic N) is 4. The van der Waals surface area contributed by atoms with Gasteiger partial charge < -0.3 is 25.0 Å². The number of aromatic nitrogens is 4. The lowest BCUT2D eigenvalue weighted by atomic mass is 10.1. The Balaban J connectivity index is 1.71. The lowest BCUT2D eigenvalue weighted by Crippen LogP contribution is -2.34. The fourth-order valence-electron chi connectivity index (χ4n) is 3.92. The summed E-state index contributed by atoms with van der Waals surface area (Å²) in [6.07, 6.45) is 3.47. The minimum atomic E-state index is -0.925.